The predicted molar refractivity (Wildman–Crippen MR) is 148 cm³/mol. The number of hydrogen-bond acceptors (Lipinski definition) is 6. The van der Waals surface area contributed by atoms with E-state index in [2.05, 4.69) is 10.6 Å². The van der Waals surface area contributed by atoms with Crippen LogP contribution in [0.5, 0.6) is 11.5 Å². The van der Waals surface area contributed by atoms with Crippen LogP contribution in [-0.4, -0.2) is 41.7 Å². The van der Waals surface area contributed by atoms with Crippen molar-refractivity contribution in [2.24, 2.45) is 0 Å². The second kappa shape index (κ2) is 12.6. The summed E-state index contributed by atoms with van der Waals surface area (Å²) in [6.07, 6.45) is 0.613. The molecule has 0 atom stereocenters. The molecule has 0 bridgehead atoms. The number of nitrogens with one attached hydrogen (secondary N) is 2. The van der Waals surface area contributed by atoms with E-state index < -0.39 is 17.2 Å². The highest BCUT2D eigenvalue weighted by atomic mass is 16.5. The van der Waals surface area contributed by atoms with Crippen molar-refractivity contribution >= 4 is 28.4 Å². The molecule has 39 heavy (non-hydrogen) atoms. The van der Waals surface area contributed by atoms with Gasteiger partial charge in [-0.15, -0.1) is 0 Å². The van der Waals surface area contributed by atoms with E-state index in [0.29, 0.717) is 35.7 Å². The van der Waals surface area contributed by atoms with Gasteiger partial charge in [-0.2, -0.15) is 0 Å². The molecule has 0 aliphatic heterocycles. The van der Waals surface area contributed by atoms with Crippen LogP contribution in [-0.2, 0) is 29.1 Å². The van der Waals surface area contributed by atoms with Gasteiger partial charge in [0, 0.05) is 43.4 Å². The van der Waals surface area contributed by atoms with Crippen LogP contribution in [0, 0.1) is 0 Å². The highest BCUT2D eigenvalue weighted by Crippen LogP contribution is 2.25. The second-order valence-corrected chi connectivity index (χ2v) is 8.83. The molecule has 10 heteroatoms. The molecule has 3 aromatic carbocycles. The van der Waals surface area contributed by atoms with E-state index in [4.69, 9.17) is 9.47 Å². The third-order valence-corrected chi connectivity index (χ3v) is 6.21. The third-order valence-electron chi connectivity index (χ3n) is 6.21. The van der Waals surface area contributed by atoms with Crippen LogP contribution >= 0.6 is 0 Å². The maximum atomic E-state index is 13.4. The van der Waals surface area contributed by atoms with Crippen LogP contribution < -0.4 is 31.4 Å². The topological polar surface area (TPSA) is 121 Å². The summed E-state index contributed by atoms with van der Waals surface area (Å²) in [4.78, 5) is 51.9. The van der Waals surface area contributed by atoms with Crippen molar-refractivity contribution in [1.29, 1.82) is 0 Å². The van der Waals surface area contributed by atoms with Crippen molar-refractivity contribution in [2.45, 2.75) is 25.9 Å². The first-order valence-electron chi connectivity index (χ1n) is 12.5. The minimum absolute atomic E-state index is 0.0575. The van der Waals surface area contributed by atoms with Gasteiger partial charge in [0.2, 0.25) is 11.8 Å². The van der Waals surface area contributed by atoms with Crippen LogP contribution in [0.4, 0.5) is 5.69 Å². The zero-order chi connectivity index (χ0) is 27.8. The molecule has 202 valence electrons. The van der Waals surface area contributed by atoms with Crippen molar-refractivity contribution in [3.63, 3.8) is 0 Å². The highest BCUT2D eigenvalue weighted by molar-refractivity contribution is 5.92. The molecule has 2 N–H and O–H groups in total. The lowest BCUT2D eigenvalue weighted by Gasteiger charge is -2.15. The SMILES string of the molecule is COc1cc(NC(=O)Cn2c(=O)n(CCC(=O)NCCc3ccccc3)c(=O)c3ccccc32)cc(OC)c1. The summed E-state index contributed by atoms with van der Waals surface area (Å²) in [7, 11) is 3.00. The van der Waals surface area contributed by atoms with Crippen LogP contribution in [0.3, 0.4) is 0 Å². The number of rotatable bonds is 11. The van der Waals surface area contributed by atoms with Crippen molar-refractivity contribution in [2.75, 3.05) is 26.1 Å². The van der Waals surface area contributed by atoms with Gasteiger partial charge < -0.3 is 20.1 Å². The third kappa shape index (κ3) is 6.72. The molecule has 1 heterocycles. The summed E-state index contributed by atoms with van der Waals surface area (Å²) in [5.41, 5.74) is 0.664. The molecule has 2 amide bonds. The summed E-state index contributed by atoms with van der Waals surface area (Å²) in [6.45, 7) is -0.0221. The molecular weight excluding hydrogens is 500 g/mol. The fraction of sp³-hybridized carbons (Fsp3) is 0.241. The van der Waals surface area contributed by atoms with E-state index in [1.165, 1.54) is 18.8 Å². The molecule has 0 aliphatic carbocycles. The Kier molecular flexibility index (Phi) is 8.78. The van der Waals surface area contributed by atoms with Gasteiger partial charge in [-0.25, -0.2) is 4.79 Å². The maximum absolute atomic E-state index is 13.4. The van der Waals surface area contributed by atoms with E-state index in [1.54, 1.807) is 42.5 Å². The number of aromatic nitrogens is 2. The maximum Gasteiger partial charge on any atom is 0.331 e. The van der Waals surface area contributed by atoms with Gasteiger partial charge in [0.1, 0.15) is 18.0 Å². The summed E-state index contributed by atoms with van der Waals surface area (Å²) < 4.78 is 12.7. The van der Waals surface area contributed by atoms with Gasteiger partial charge in [0.15, 0.2) is 0 Å². The fourth-order valence-corrected chi connectivity index (χ4v) is 4.24. The minimum Gasteiger partial charge on any atom is -0.497 e. The van der Waals surface area contributed by atoms with Crippen molar-refractivity contribution in [3.05, 3.63) is 99.2 Å². The molecule has 4 rings (SSSR count). The Balaban J connectivity index is 1.51. The molecule has 10 nitrogen and oxygen atoms in total. The number of anilines is 1. The zero-order valence-electron chi connectivity index (χ0n) is 21.8. The number of carbonyl (C=O) groups excluding carboxylic acids is 2. The molecule has 0 saturated carbocycles. The summed E-state index contributed by atoms with van der Waals surface area (Å²) >= 11 is 0. The van der Waals surface area contributed by atoms with Gasteiger partial charge in [-0.3, -0.25) is 23.5 Å². The zero-order valence-corrected chi connectivity index (χ0v) is 21.8. The number of hydrogen-bond donors (Lipinski definition) is 2. The van der Waals surface area contributed by atoms with Gasteiger partial charge >= 0.3 is 5.69 Å². The molecule has 0 spiro atoms. The number of amides is 2. The average molecular weight is 531 g/mol. The second-order valence-electron chi connectivity index (χ2n) is 8.83. The van der Waals surface area contributed by atoms with Crippen LogP contribution in [0.2, 0.25) is 0 Å². The van der Waals surface area contributed by atoms with Crippen molar-refractivity contribution in [3.8, 4) is 11.5 Å². The molecule has 4 aromatic rings. The number of para-hydroxylation sites is 1. The van der Waals surface area contributed by atoms with Crippen molar-refractivity contribution < 1.29 is 19.1 Å². The number of ether oxygens (including phenoxy) is 2. The molecular formula is C29H30N4O6. The molecule has 0 saturated heterocycles. The van der Waals surface area contributed by atoms with E-state index >= 15 is 0 Å². The Morgan fingerprint density at radius 1 is 0.821 bits per heavy atom. The number of nitrogens with zero attached hydrogens (tertiary/aromatic N) is 2. The van der Waals surface area contributed by atoms with Gasteiger partial charge in [0.05, 0.1) is 25.1 Å². The normalized spacial score (nSPS) is 10.7. The van der Waals surface area contributed by atoms with E-state index in [1.807, 2.05) is 30.3 Å². The van der Waals surface area contributed by atoms with Gasteiger partial charge in [-0.1, -0.05) is 42.5 Å². The lowest BCUT2D eigenvalue weighted by molar-refractivity contribution is -0.121. The van der Waals surface area contributed by atoms with Crippen LogP contribution in [0.1, 0.15) is 12.0 Å². The summed E-state index contributed by atoms with van der Waals surface area (Å²) in [5.74, 6) is 0.216. The highest BCUT2D eigenvalue weighted by Gasteiger charge is 2.16. The predicted octanol–water partition coefficient (Wildman–Crippen LogP) is 2.57. The first-order chi connectivity index (χ1) is 18.9. The summed E-state index contributed by atoms with van der Waals surface area (Å²) in [6, 6.07) is 21.2. The Labute approximate surface area is 224 Å². The first kappa shape index (κ1) is 27.2. The lowest BCUT2D eigenvalue weighted by Crippen LogP contribution is -2.42. The van der Waals surface area contributed by atoms with Crippen LogP contribution in [0.25, 0.3) is 10.9 Å². The number of fused-ring (bicyclic) bond motifs is 1. The van der Waals surface area contributed by atoms with E-state index in [0.717, 1.165) is 10.1 Å². The van der Waals surface area contributed by atoms with E-state index in [-0.39, 0.29) is 30.8 Å². The Bertz CT molecular complexity index is 1570. The monoisotopic (exact) mass is 530 g/mol. The standard InChI is InChI=1S/C29H30N4O6/c1-38-22-16-21(17-23(18-22)39-2)31-27(35)19-33-25-11-7-6-10-24(25)28(36)32(29(33)37)15-13-26(34)30-14-12-20-8-4-3-5-9-20/h3-11,16-18H,12-15,19H2,1-2H3,(H,30,34)(H,31,35). The van der Waals surface area contributed by atoms with Crippen molar-refractivity contribution in [1.82, 2.24) is 14.5 Å². The quantitative estimate of drug-likeness (QED) is 0.308. The molecule has 0 aliphatic rings. The molecule has 0 fully saturated rings. The largest absolute Gasteiger partial charge is 0.497 e. The summed E-state index contributed by atoms with van der Waals surface area (Å²) in [5, 5.41) is 5.84. The smallest absolute Gasteiger partial charge is 0.331 e. The number of benzene rings is 3. The minimum atomic E-state index is -0.672. The Hall–Kier alpha value is -4.86. The average Bonchev–Trinajstić information content (AvgIpc) is 2.95. The van der Waals surface area contributed by atoms with Crippen LogP contribution in [0.15, 0.2) is 82.4 Å². The van der Waals surface area contributed by atoms with E-state index in [9.17, 15) is 19.2 Å². The molecule has 1 aromatic heterocycles. The Morgan fingerprint density at radius 3 is 2.18 bits per heavy atom. The number of methoxy groups -OCH3 is 2. The van der Waals surface area contributed by atoms with Gasteiger partial charge in [-0.05, 0) is 24.1 Å². The Morgan fingerprint density at radius 2 is 1.49 bits per heavy atom. The lowest BCUT2D eigenvalue weighted by atomic mass is 10.1. The number of carbonyl (C=O) groups is 2. The fourth-order valence-electron chi connectivity index (χ4n) is 4.24. The first-order valence-corrected chi connectivity index (χ1v) is 12.5. The molecule has 0 unspecified atom stereocenters. The van der Waals surface area contributed by atoms with Gasteiger partial charge in [0.25, 0.3) is 5.56 Å². The molecule has 0 radical (unpaired) electrons.